The number of carbonyl (C=O) groups excluding carboxylic acids is 1. The molecule has 6 heteroatoms. The Morgan fingerprint density at radius 1 is 1.47 bits per heavy atom. The number of rotatable bonds is 2. The van der Waals surface area contributed by atoms with Crippen LogP contribution in [0.2, 0.25) is 0 Å². The molecule has 0 spiro atoms. The van der Waals surface area contributed by atoms with E-state index in [1.807, 2.05) is 13.1 Å². The Labute approximate surface area is 120 Å². The smallest absolute Gasteiger partial charge is 0.274 e. The summed E-state index contributed by atoms with van der Waals surface area (Å²) in [4.78, 5) is 14.1. The number of likely N-dealkylation sites (N-methyl/N-ethyl adjacent to an activating group) is 1. The maximum atomic E-state index is 12.3. The summed E-state index contributed by atoms with van der Waals surface area (Å²) in [7, 11) is 1.85. The lowest BCUT2D eigenvalue weighted by Crippen LogP contribution is -2.38. The molecule has 5 nitrogen and oxygen atoms in total. The van der Waals surface area contributed by atoms with Gasteiger partial charge in [0, 0.05) is 30.7 Å². The molecular formula is C13H23ClN4O. The third kappa shape index (κ3) is 3.48. The number of aromatic amines is 1. The number of aromatic nitrogens is 2. The molecule has 0 bridgehead atoms. The van der Waals surface area contributed by atoms with Gasteiger partial charge in [-0.1, -0.05) is 20.8 Å². The molecule has 1 unspecified atom stereocenters. The highest BCUT2D eigenvalue weighted by Crippen LogP contribution is 2.21. The Morgan fingerprint density at radius 3 is 2.63 bits per heavy atom. The average Bonchev–Trinajstić information content (AvgIpc) is 2.96. The van der Waals surface area contributed by atoms with Gasteiger partial charge >= 0.3 is 0 Å². The lowest BCUT2D eigenvalue weighted by molar-refractivity contribution is 0.0738. The van der Waals surface area contributed by atoms with Crippen LogP contribution in [0.3, 0.4) is 0 Å². The van der Waals surface area contributed by atoms with Crippen LogP contribution >= 0.6 is 12.4 Å². The van der Waals surface area contributed by atoms with Gasteiger partial charge in [-0.3, -0.25) is 9.89 Å². The second-order valence-corrected chi connectivity index (χ2v) is 5.98. The van der Waals surface area contributed by atoms with Crippen molar-refractivity contribution in [3.8, 4) is 0 Å². The molecule has 1 fully saturated rings. The molecule has 0 aromatic carbocycles. The SMILES string of the molecule is CN(C(=O)c1cc(C(C)(C)C)[nH]n1)C1CCNC1.Cl. The zero-order valence-electron chi connectivity index (χ0n) is 12.0. The molecule has 1 atom stereocenters. The number of H-pyrrole nitrogens is 1. The predicted molar refractivity (Wildman–Crippen MR) is 77.9 cm³/mol. The van der Waals surface area contributed by atoms with E-state index in [0.29, 0.717) is 5.69 Å². The van der Waals surface area contributed by atoms with Gasteiger partial charge in [0.15, 0.2) is 0 Å². The average molecular weight is 287 g/mol. The molecule has 19 heavy (non-hydrogen) atoms. The summed E-state index contributed by atoms with van der Waals surface area (Å²) in [5.41, 5.74) is 1.48. The lowest BCUT2D eigenvalue weighted by Gasteiger charge is -2.22. The molecule has 0 saturated carbocycles. The summed E-state index contributed by atoms with van der Waals surface area (Å²) >= 11 is 0. The summed E-state index contributed by atoms with van der Waals surface area (Å²) in [6, 6.07) is 2.15. The first-order valence-corrected chi connectivity index (χ1v) is 6.43. The van der Waals surface area contributed by atoms with Crippen LogP contribution < -0.4 is 5.32 Å². The van der Waals surface area contributed by atoms with E-state index in [0.717, 1.165) is 25.2 Å². The van der Waals surface area contributed by atoms with E-state index < -0.39 is 0 Å². The van der Waals surface area contributed by atoms with Gasteiger partial charge < -0.3 is 10.2 Å². The molecule has 0 radical (unpaired) electrons. The first-order chi connectivity index (χ1) is 8.39. The largest absolute Gasteiger partial charge is 0.336 e. The first kappa shape index (κ1) is 16.0. The fourth-order valence-corrected chi connectivity index (χ4v) is 2.13. The maximum Gasteiger partial charge on any atom is 0.274 e. The number of hydrogen-bond acceptors (Lipinski definition) is 3. The molecule has 1 aromatic rings. The van der Waals surface area contributed by atoms with Crippen molar-refractivity contribution in [1.29, 1.82) is 0 Å². The topological polar surface area (TPSA) is 61.0 Å². The maximum absolute atomic E-state index is 12.3. The van der Waals surface area contributed by atoms with E-state index >= 15 is 0 Å². The fourth-order valence-electron chi connectivity index (χ4n) is 2.13. The lowest BCUT2D eigenvalue weighted by atomic mass is 9.92. The Balaban J connectivity index is 0.00000180. The van der Waals surface area contributed by atoms with Crippen molar-refractivity contribution in [3.05, 3.63) is 17.5 Å². The molecule has 1 saturated heterocycles. The van der Waals surface area contributed by atoms with E-state index in [9.17, 15) is 4.79 Å². The zero-order valence-corrected chi connectivity index (χ0v) is 12.8. The normalized spacial score (nSPS) is 19.1. The van der Waals surface area contributed by atoms with Crippen LogP contribution in [-0.4, -0.2) is 47.2 Å². The predicted octanol–water partition coefficient (Wildman–Crippen LogP) is 1.56. The molecule has 108 valence electrons. The third-order valence-electron chi connectivity index (χ3n) is 3.51. The Bertz CT molecular complexity index is 432. The molecule has 1 amide bonds. The van der Waals surface area contributed by atoms with Gasteiger partial charge in [-0.15, -0.1) is 12.4 Å². The van der Waals surface area contributed by atoms with Crippen molar-refractivity contribution >= 4 is 18.3 Å². The van der Waals surface area contributed by atoms with Gasteiger partial charge in [-0.25, -0.2) is 0 Å². The summed E-state index contributed by atoms with van der Waals surface area (Å²) in [5.74, 6) is -0.00421. The van der Waals surface area contributed by atoms with Crippen LogP contribution in [0.1, 0.15) is 43.4 Å². The zero-order chi connectivity index (χ0) is 13.3. The van der Waals surface area contributed by atoms with Crippen LogP contribution in [-0.2, 0) is 5.41 Å². The van der Waals surface area contributed by atoms with Crippen molar-refractivity contribution in [2.24, 2.45) is 0 Å². The summed E-state index contributed by atoms with van der Waals surface area (Å²) in [6.07, 6.45) is 1.01. The van der Waals surface area contributed by atoms with Crippen molar-refractivity contribution in [1.82, 2.24) is 20.4 Å². The third-order valence-corrected chi connectivity index (χ3v) is 3.51. The van der Waals surface area contributed by atoms with Crippen LogP contribution in [0.5, 0.6) is 0 Å². The quantitative estimate of drug-likeness (QED) is 0.867. The van der Waals surface area contributed by atoms with Crippen LogP contribution in [0.15, 0.2) is 6.07 Å². The summed E-state index contributed by atoms with van der Waals surface area (Å²) in [5, 5.41) is 10.4. The highest BCUT2D eigenvalue weighted by molar-refractivity contribution is 5.92. The number of amides is 1. The number of hydrogen-bond donors (Lipinski definition) is 2. The highest BCUT2D eigenvalue weighted by Gasteiger charge is 2.26. The Morgan fingerprint density at radius 2 is 2.16 bits per heavy atom. The van der Waals surface area contributed by atoms with Crippen molar-refractivity contribution in [3.63, 3.8) is 0 Å². The summed E-state index contributed by atoms with van der Waals surface area (Å²) < 4.78 is 0. The minimum Gasteiger partial charge on any atom is -0.336 e. The van der Waals surface area contributed by atoms with E-state index in [2.05, 4.69) is 36.3 Å². The Hall–Kier alpha value is -1.07. The molecule has 2 rings (SSSR count). The van der Waals surface area contributed by atoms with E-state index in [1.165, 1.54) is 0 Å². The molecule has 1 aliphatic rings. The van der Waals surface area contributed by atoms with Gasteiger partial charge in [0.2, 0.25) is 0 Å². The van der Waals surface area contributed by atoms with Gasteiger partial charge in [-0.05, 0) is 19.0 Å². The minimum absolute atomic E-state index is 0. The van der Waals surface area contributed by atoms with E-state index in [1.54, 1.807) is 4.90 Å². The van der Waals surface area contributed by atoms with E-state index in [-0.39, 0.29) is 29.8 Å². The van der Waals surface area contributed by atoms with Gasteiger partial charge in [0.1, 0.15) is 5.69 Å². The second kappa shape index (κ2) is 5.92. The number of nitrogens with one attached hydrogen (secondary N) is 2. The molecule has 2 N–H and O–H groups in total. The first-order valence-electron chi connectivity index (χ1n) is 6.43. The second-order valence-electron chi connectivity index (χ2n) is 5.98. The molecular weight excluding hydrogens is 264 g/mol. The van der Waals surface area contributed by atoms with E-state index in [4.69, 9.17) is 0 Å². The Kier molecular flexibility index (Phi) is 4.98. The van der Waals surface area contributed by atoms with Crippen LogP contribution in [0, 0.1) is 0 Å². The minimum atomic E-state index is -0.0149. The van der Waals surface area contributed by atoms with Crippen molar-refractivity contribution < 1.29 is 4.79 Å². The van der Waals surface area contributed by atoms with Gasteiger partial charge in [0.05, 0.1) is 0 Å². The summed E-state index contributed by atoms with van der Waals surface area (Å²) in [6.45, 7) is 8.15. The van der Waals surface area contributed by atoms with Gasteiger partial charge in [0.25, 0.3) is 5.91 Å². The van der Waals surface area contributed by atoms with Gasteiger partial charge in [-0.2, -0.15) is 5.10 Å². The fraction of sp³-hybridized carbons (Fsp3) is 0.692. The molecule has 2 heterocycles. The van der Waals surface area contributed by atoms with Crippen molar-refractivity contribution in [2.45, 2.75) is 38.6 Å². The number of halogens is 1. The van der Waals surface area contributed by atoms with Crippen molar-refractivity contribution in [2.75, 3.05) is 20.1 Å². The number of carbonyl (C=O) groups is 1. The molecule has 0 aliphatic carbocycles. The monoisotopic (exact) mass is 286 g/mol. The van der Waals surface area contributed by atoms with Crippen LogP contribution in [0.25, 0.3) is 0 Å². The molecule has 1 aliphatic heterocycles. The molecule has 1 aromatic heterocycles. The standard InChI is InChI=1S/C13H22N4O.ClH/c1-13(2,3)11-7-10(15-16-11)12(18)17(4)9-5-6-14-8-9;/h7,9,14H,5-6,8H2,1-4H3,(H,15,16);1H. The highest BCUT2D eigenvalue weighted by atomic mass is 35.5. The van der Waals surface area contributed by atoms with Crippen LogP contribution in [0.4, 0.5) is 0 Å². The number of nitrogens with zero attached hydrogens (tertiary/aromatic N) is 2.